The van der Waals surface area contributed by atoms with E-state index < -0.39 is 0 Å². The Morgan fingerprint density at radius 1 is 0.471 bits per heavy atom. The predicted molar refractivity (Wildman–Crippen MR) is 129 cm³/mol. The fourth-order valence-electron chi connectivity index (χ4n) is 3.74. The predicted octanol–water partition coefficient (Wildman–Crippen LogP) is 5.58. The molecule has 0 saturated carbocycles. The first-order valence-electron chi connectivity index (χ1n) is 11.0. The van der Waals surface area contributed by atoms with Crippen molar-refractivity contribution in [3.63, 3.8) is 0 Å². The first-order chi connectivity index (χ1) is 16.4. The molecule has 0 saturated heterocycles. The average molecular weight is 459 g/mol. The van der Waals surface area contributed by atoms with Crippen LogP contribution in [0.25, 0.3) is 0 Å². The summed E-state index contributed by atoms with van der Waals surface area (Å²) >= 11 is 0. The van der Waals surface area contributed by atoms with Crippen molar-refractivity contribution in [2.75, 3.05) is 0 Å². The number of phenols is 5. The van der Waals surface area contributed by atoms with Crippen molar-refractivity contribution in [2.45, 2.75) is 25.7 Å². The summed E-state index contributed by atoms with van der Waals surface area (Å²) in [5.41, 5.74) is 3.48. The normalized spacial score (nSPS) is 10.8. The highest BCUT2D eigenvalue weighted by atomic mass is 16.5. The van der Waals surface area contributed by atoms with Crippen LogP contribution in [0.1, 0.15) is 22.3 Å². The maximum absolute atomic E-state index is 10.3. The average Bonchev–Trinajstić information content (AvgIpc) is 2.81. The highest BCUT2D eigenvalue weighted by Gasteiger charge is 2.14. The molecule has 0 atom stereocenters. The Morgan fingerprint density at radius 2 is 1.12 bits per heavy atom. The number of hydrogen-bond acceptors (Lipinski definition) is 6. The lowest BCUT2D eigenvalue weighted by molar-refractivity contribution is 0.380. The zero-order valence-electron chi connectivity index (χ0n) is 18.5. The minimum atomic E-state index is -0.240. The van der Waals surface area contributed by atoms with Crippen LogP contribution < -0.4 is 4.74 Å². The molecule has 0 fully saturated rings. The molecule has 0 heterocycles. The van der Waals surface area contributed by atoms with Crippen molar-refractivity contribution in [3.8, 4) is 40.2 Å². The van der Waals surface area contributed by atoms with Crippen LogP contribution in [-0.4, -0.2) is 25.5 Å². The SMILES string of the molecule is Oc1ccc(CCc2cc(Oc3cc(CCc4cccc(O)c4)ccc3O)c(O)cc2O)cc1. The Bertz CT molecular complexity index is 1280. The van der Waals surface area contributed by atoms with Gasteiger partial charge in [-0.15, -0.1) is 0 Å². The molecule has 174 valence electrons. The number of phenolic OH excluding ortho intramolecular Hbond substituents is 5. The van der Waals surface area contributed by atoms with E-state index in [1.165, 1.54) is 12.1 Å². The van der Waals surface area contributed by atoms with Crippen LogP contribution in [0, 0.1) is 0 Å². The summed E-state index contributed by atoms with van der Waals surface area (Å²) in [5, 5.41) is 49.9. The summed E-state index contributed by atoms with van der Waals surface area (Å²) in [4.78, 5) is 0. The van der Waals surface area contributed by atoms with Crippen LogP contribution in [0.3, 0.4) is 0 Å². The molecule has 0 aliphatic heterocycles. The maximum atomic E-state index is 10.3. The van der Waals surface area contributed by atoms with E-state index in [1.54, 1.807) is 48.5 Å². The van der Waals surface area contributed by atoms with Gasteiger partial charge < -0.3 is 30.3 Å². The van der Waals surface area contributed by atoms with E-state index >= 15 is 0 Å². The first-order valence-corrected chi connectivity index (χ1v) is 11.0. The summed E-state index contributed by atoms with van der Waals surface area (Å²) in [7, 11) is 0. The van der Waals surface area contributed by atoms with E-state index in [9.17, 15) is 25.5 Å². The van der Waals surface area contributed by atoms with E-state index in [2.05, 4.69) is 0 Å². The third kappa shape index (κ3) is 5.72. The Hall–Kier alpha value is -4.32. The van der Waals surface area contributed by atoms with Crippen LogP contribution in [-0.2, 0) is 25.7 Å². The molecule has 0 amide bonds. The first kappa shape index (κ1) is 22.9. The molecule has 6 nitrogen and oxygen atoms in total. The zero-order valence-corrected chi connectivity index (χ0v) is 18.5. The van der Waals surface area contributed by atoms with Gasteiger partial charge in [0.15, 0.2) is 23.0 Å². The van der Waals surface area contributed by atoms with Crippen molar-refractivity contribution < 1.29 is 30.3 Å². The van der Waals surface area contributed by atoms with Gasteiger partial charge in [-0.3, -0.25) is 0 Å². The molecule has 4 rings (SSSR count). The van der Waals surface area contributed by atoms with Crippen molar-refractivity contribution in [3.05, 3.63) is 101 Å². The van der Waals surface area contributed by atoms with Crippen molar-refractivity contribution in [1.82, 2.24) is 0 Å². The fraction of sp³-hybridized carbons (Fsp3) is 0.143. The number of benzene rings is 4. The van der Waals surface area contributed by atoms with E-state index in [0.29, 0.717) is 31.2 Å². The number of aryl methyl sites for hydroxylation is 4. The zero-order chi connectivity index (χ0) is 24.1. The van der Waals surface area contributed by atoms with Gasteiger partial charge in [-0.05, 0) is 90.4 Å². The highest BCUT2D eigenvalue weighted by molar-refractivity contribution is 5.53. The number of hydrogen-bond donors (Lipinski definition) is 5. The number of rotatable bonds is 8. The molecule has 0 aliphatic carbocycles. The molecular formula is C28H26O6. The second kappa shape index (κ2) is 10.1. The van der Waals surface area contributed by atoms with Crippen molar-refractivity contribution in [2.24, 2.45) is 0 Å². The second-order valence-corrected chi connectivity index (χ2v) is 8.19. The Morgan fingerprint density at radius 3 is 1.85 bits per heavy atom. The van der Waals surface area contributed by atoms with E-state index in [-0.39, 0.29) is 40.2 Å². The molecule has 0 spiro atoms. The monoisotopic (exact) mass is 458 g/mol. The molecule has 0 unspecified atom stereocenters. The molecule has 4 aromatic rings. The third-order valence-electron chi connectivity index (χ3n) is 5.64. The summed E-state index contributed by atoms with van der Waals surface area (Å²) in [6.45, 7) is 0. The molecular weight excluding hydrogens is 432 g/mol. The number of ether oxygens (including phenoxy) is 1. The molecule has 6 heteroatoms. The Labute approximate surface area is 197 Å². The lowest BCUT2D eigenvalue weighted by atomic mass is 10.0. The van der Waals surface area contributed by atoms with Gasteiger partial charge in [0.25, 0.3) is 0 Å². The lowest BCUT2D eigenvalue weighted by Crippen LogP contribution is -1.95. The van der Waals surface area contributed by atoms with Crippen LogP contribution in [0.15, 0.2) is 78.9 Å². The van der Waals surface area contributed by atoms with Gasteiger partial charge >= 0.3 is 0 Å². The van der Waals surface area contributed by atoms with Crippen LogP contribution >= 0.6 is 0 Å². The maximum Gasteiger partial charge on any atom is 0.169 e. The summed E-state index contributed by atoms with van der Waals surface area (Å²) < 4.78 is 5.83. The topological polar surface area (TPSA) is 110 Å². The smallest absolute Gasteiger partial charge is 0.169 e. The van der Waals surface area contributed by atoms with Crippen LogP contribution in [0.4, 0.5) is 0 Å². The molecule has 34 heavy (non-hydrogen) atoms. The highest BCUT2D eigenvalue weighted by Crippen LogP contribution is 2.39. The minimum Gasteiger partial charge on any atom is -0.508 e. The Kier molecular flexibility index (Phi) is 6.78. The van der Waals surface area contributed by atoms with Gasteiger partial charge in [0.1, 0.15) is 17.2 Å². The summed E-state index contributed by atoms with van der Waals surface area (Å²) in [5.74, 6) is 0.368. The third-order valence-corrected chi connectivity index (χ3v) is 5.64. The van der Waals surface area contributed by atoms with Gasteiger partial charge in [0.05, 0.1) is 0 Å². The van der Waals surface area contributed by atoms with Gasteiger partial charge in [-0.25, -0.2) is 0 Å². The number of aromatic hydroxyl groups is 5. The molecule has 0 bridgehead atoms. The molecule has 0 aromatic heterocycles. The minimum absolute atomic E-state index is 0.0484. The van der Waals surface area contributed by atoms with Crippen LogP contribution in [0.5, 0.6) is 40.2 Å². The Balaban J connectivity index is 1.49. The lowest BCUT2D eigenvalue weighted by Gasteiger charge is -2.13. The van der Waals surface area contributed by atoms with Crippen molar-refractivity contribution in [1.29, 1.82) is 0 Å². The van der Waals surface area contributed by atoms with E-state index in [1.807, 2.05) is 18.2 Å². The van der Waals surface area contributed by atoms with E-state index in [0.717, 1.165) is 16.7 Å². The largest absolute Gasteiger partial charge is 0.508 e. The van der Waals surface area contributed by atoms with Crippen molar-refractivity contribution >= 4 is 0 Å². The van der Waals surface area contributed by atoms with Crippen LogP contribution in [0.2, 0.25) is 0 Å². The molecule has 4 aromatic carbocycles. The molecule has 5 N–H and O–H groups in total. The van der Waals surface area contributed by atoms with Gasteiger partial charge in [0, 0.05) is 6.07 Å². The molecule has 0 aliphatic rings. The van der Waals surface area contributed by atoms with Gasteiger partial charge in [-0.2, -0.15) is 0 Å². The quantitative estimate of drug-likeness (QED) is 0.236. The van der Waals surface area contributed by atoms with Gasteiger partial charge in [-0.1, -0.05) is 30.3 Å². The fourth-order valence-corrected chi connectivity index (χ4v) is 3.74. The second-order valence-electron chi connectivity index (χ2n) is 8.19. The molecule has 0 radical (unpaired) electrons. The summed E-state index contributed by atoms with van der Waals surface area (Å²) in [6.07, 6.45) is 2.47. The van der Waals surface area contributed by atoms with E-state index in [4.69, 9.17) is 4.74 Å². The van der Waals surface area contributed by atoms with Gasteiger partial charge in [0.2, 0.25) is 0 Å². The standard InChI is InChI=1S/C28H26O6/c29-22-11-7-18(8-12-22)6-10-21-16-28(26(33)17-25(21)32)34-27-15-20(9-13-24(27)31)5-4-19-2-1-3-23(30)14-19/h1-3,7-9,11-17,29-33H,4-6,10H2. The summed E-state index contributed by atoms with van der Waals surface area (Å²) in [6, 6.07) is 21.7.